The smallest absolute Gasteiger partial charge is 0.328 e. The van der Waals surface area contributed by atoms with Crippen LogP contribution in [-0.2, 0) is 14.3 Å². The Hall–Kier alpha value is -1.79. The van der Waals surface area contributed by atoms with Crippen molar-refractivity contribution in [2.45, 2.75) is 57.7 Å². The second-order valence-corrected chi connectivity index (χ2v) is 6.08. The Kier molecular flexibility index (Phi) is 7.14. The van der Waals surface area contributed by atoms with E-state index in [1.165, 1.54) is 7.11 Å². The van der Waals surface area contributed by atoms with E-state index in [1.807, 2.05) is 13.8 Å². The summed E-state index contributed by atoms with van der Waals surface area (Å²) < 4.78 is 4.70. The first-order valence-electron chi connectivity index (χ1n) is 7.48. The van der Waals surface area contributed by atoms with Crippen LogP contribution in [0.5, 0.6) is 0 Å². The number of esters is 1. The molecule has 2 N–H and O–H groups in total. The van der Waals surface area contributed by atoms with Gasteiger partial charge in [-0.05, 0) is 36.6 Å². The molecule has 4 atom stereocenters. The molecule has 8 nitrogen and oxygen atoms in total. The maximum atomic E-state index is 12.1. The van der Waals surface area contributed by atoms with Crippen molar-refractivity contribution in [3.63, 3.8) is 0 Å². The first kappa shape index (κ1) is 18.3. The van der Waals surface area contributed by atoms with Crippen molar-refractivity contribution in [1.29, 1.82) is 0 Å². The van der Waals surface area contributed by atoms with Crippen LogP contribution in [0.2, 0.25) is 0 Å². The van der Waals surface area contributed by atoms with Crippen LogP contribution < -0.4 is 5.32 Å². The molecular formula is C14H24N4O4. The second-order valence-electron chi connectivity index (χ2n) is 6.08. The molecule has 1 rings (SSSR count). The molecule has 1 saturated carbocycles. The number of hydrogen-bond donors (Lipinski definition) is 2. The molecule has 0 aromatic heterocycles. The standard InChI is InChI=1S/C14H24N4O4/c1-8(2)6-10(14(21)22-3)16-12(20)7-9-4-5-11(19)13(9)17-18-15/h8-11,13,19H,4-7H2,1-3H3,(H,16,20)/t9?,10-,11?,13?/m0/s1. The summed E-state index contributed by atoms with van der Waals surface area (Å²) >= 11 is 0. The van der Waals surface area contributed by atoms with Crippen molar-refractivity contribution in [2.24, 2.45) is 17.0 Å². The lowest BCUT2D eigenvalue weighted by atomic mass is 9.98. The number of rotatable bonds is 7. The van der Waals surface area contributed by atoms with Crippen molar-refractivity contribution in [1.82, 2.24) is 5.32 Å². The second kappa shape index (κ2) is 8.60. The molecule has 1 fully saturated rings. The Balaban J connectivity index is 2.63. The summed E-state index contributed by atoms with van der Waals surface area (Å²) in [4.78, 5) is 26.6. The van der Waals surface area contributed by atoms with Crippen LogP contribution in [0.15, 0.2) is 5.11 Å². The number of carbonyl (C=O) groups excluding carboxylic acids is 2. The van der Waals surface area contributed by atoms with Crippen LogP contribution in [0.4, 0.5) is 0 Å². The van der Waals surface area contributed by atoms with E-state index < -0.39 is 24.2 Å². The number of methoxy groups -OCH3 is 1. The quantitative estimate of drug-likeness (QED) is 0.320. The average molecular weight is 312 g/mol. The molecule has 0 saturated heterocycles. The fourth-order valence-electron chi connectivity index (χ4n) is 2.81. The lowest BCUT2D eigenvalue weighted by molar-refractivity contribution is -0.145. The van der Waals surface area contributed by atoms with Crippen molar-refractivity contribution in [2.75, 3.05) is 7.11 Å². The van der Waals surface area contributed by atoms with Crippen LogP contribution in [-0.4, -0.2) is 42.3 Å². The van der Waals surface area contributed by atoms with Gasteiger partial charge in [-0.2, -0.15) is 0 Å². The first-order valence-corrected chi connectivity index (χ1v) is 7.48. The zero-order valence-corrected chi connectivity index (χ0v) is 13.2. The average Bonchev–Trinajstić information content (AvgIpc) is 2.78. The molecule has 1 amide bonds. The van der Waals surface area contributed by atoms with Gasteiger partial charge in [0.1, 0.15) is 6.04 Å². The van der Waals surface area contributed by atoms with Crippen LogP contribution >= 0.6 is 0 Å². The molecule has 1 aliphatic carbocycles. The molecule has 22 heavy (non-hydrogen) atoms. The van der Waals surface area contributed by atoms with Gasteiger partial charge in [0.05, 0.1) is 19.3 Å². The zero-order chi connectivity index (χ0) is 16.7. The Morgan fingerprint density at radius 3 is 2.68 bits per heavy atom. The van der Waals surface area contributed by atoms with E-state index in [1.54, 1.807) is 0 Å². The maximum Gasteiger partial charge on any atom is 0.328 e. The van der Waals surface area contributed by atoms with Gasteiger partial charge in [-0.1, -0.05) is 19.0 Å². The van der Waals surface area contributed by atoms with Crippen LogP contribution in [0.3, 0.4) is 0 Å². The number of ether oxygens (including phenoxy) is 1. The fraction of sp³-hybridized carbons (Fsp3) is 0.857. The molecule has 124 valence electrons. The first-order chi connectivity index (χ1) is 10.4. The fourth-order valence-corrected chi connectivity index (χ4v) is 2.81. The van der Waals surface area contributed by atoms with Gasteiger partial charge in [-0.25, -0.2) is 4.79 Å². The summed E-state index contributed by atoms with van der Waals surface area (Å²) in [6.07, 6.45) is 1.03. The monoisotopic (exact) mass is 312 g/mol. The summed E-state index contributed by atoms with van der Waals surface area (Å²) in [5.41, 5.74) is 8.53. The van der Waals surface area contributed by atoms with Gasteiger partial charge >= 0.3 is 5.97 Å². The normalized spacial score (nSPS) is 25.4. The van der Waals surface area contributed by atoms with Gasteiger partial charge in [0.2, 0.25) is 5.91 Å². The number of nitrogens with one attached hydrogen (secondary N) is 1. The van der Waals surface area contributed by atoms with Crippen LogP contribution in [0, 0.1) is 11.8 Å². The molecule has 0 spiro atoms. The van der Waals surface area contributed by atoms with Crippen LogP contribution in [0.25, 0.3) is 10.4 Å². The van der Waals surface area contributed by atoms with Crippen molar-refractivity contribution in [3.8, 4) is 0 Å². The van der Waals surface area contributed by atoms with Gasteiger partial charge in [-0.3, -0.25) is 4.79 Å². The molecule has 0 radical (unpaired) electrons. The Morgan fingerprint density at radius 1 is 1.45 bits per heavy atom. The molecule has 0 heterocycles. The minimum atomic E-state index is -0.708. The van der Waals surface area contributed by atoms with Crippen molar-refractivity contribution >= 4 is 11.9 Å². The Bertz CT molecular complexity index is 448. The molecule has 3 unspecified atom stereocenters. The molecular weight excluding hydrogens is 288 g/mol. The highest BCUT2D eigenvalue weighted by molar-refractivity contribution is 5.84. The number of nitrogens with zero attached hydrogens (tertiary/aromatic N) is 3. The summed E-state index contributed by atoms with van der Waals surface area (Å²) in [6.45, 7) is 3.90. The van der Waals surface area contributed by atoms with Gasteiger partial charge in [0, 0.05) is 11.3 Å². The molecule has 0 aromatic carbocycles. The minimum absolute atomic E-state index is 0.117. The van der Waals surface area contributed by atoms with E-state index >= 15 is 0 Å². The van der Waals surface area contributed by atoms with E-state index in [4.69, 9.17) is 10.3 Å². The number of carbonyl (C=O) groups is 2. The largest absolute Gasteiger partial charge is 0.467 e. The van der Waals surface area contributed by atoms with E-state index in [0.29, 0.717) is 19.3 Å². The van der Waals surface area contributed by atoms with Gasteiger partial charge in [0.25, 0.3) is 0 Å². The van der Waals surface area contributed by atoms with Gasteiger partial charge in [-0.15, -0.1) is 0 Å². The highest BCUT2D eigenvalue weighted by atomic mass is 16.5. The lowest BCUT2D eigenvalue weighted by Gasteiger charge is -2.21. The van der Waals surface area contributed by atoms with E-state index in [9.17, 15) is 14.7 Å². The number of aliphatic hydroxyl groups is 1. The zero-order valence-electron chi connectivity index (χ0n) is 13.2. The highest BCUT2D eigenvalue weighted by Crippen LogP contribution is 2.31. The minimum Gasteiger partial charge on any atom is -0.467 e. The summed E-state index contributed by atoms with van der Waals surface area (Å²) in [7, 11) is 1.28. The number of aliphatic hydroxyl groups excluding tert-OH is 1. The molecule has 0 aromatic rings. The van der Waals surface area contributed by atoms with Crippen molar-refractivity contribution in [3.05, 3.63) is 10.4 Å². The number of amides is 1. The van der Waals surface area contributed by atoms with Gasteiger partial charge < -0.3 is 15.2 Å². The molecule has 8 heteroatoms. The predicted molar refractivity (Wildman–Crippen MR) is 79.7 cm³/mol. The van der Waals surface area contributed by atoms with E-state index in [0.717, 1.165) is 0 Å². The molecule has 0 bridgehead atoms. The highest BCUT2D eigenvalue weighted by Gasteiger charge is 2.36. The van der Waals surface area contributed by atoms with E-state index in [-0.39, 0.29) is 24.2 Å². The van der Waals surface area contributed by atoms with E-state index in [2.05, 4.69) is 15.3 Å². The maximum absolute atomic E-state index is 12.1. The summed E-state index contributed by atoms with van der Waals surface area (Å²) in [5.74, 6) is -0.745. The third kappa shape index (κ3) is 5.20. The summed E-state index contributed by atoms with van der Waals surface area (Å²) in [6, 6.07) is -1.26. The van der Waals surface area contributed by atoms with Crippen LogP contribution in [0.1, 0.15) is 39.5 Å². The third-order valence-electron chi connectivity index (χ3n) is 3.87. The van der Waals surface area contributed by atoms with Crippen molar-refractivity contribution < 1.29 is 19.4 Å². The Labute approximate surface area is 129 Å². The summed E-state index contributed by atoms with van der Waals surface area (Å²) in [5, 5.41) is 16.0. The Morgan fingerprint density at radius 2 is 2.14 bits per heavy atom. The molecule has 1 aliphatic rings. The lowest BCUT2D eigenvalue weighted by Crippen LogP contribution is -2.43. The predicted octanol–water partition coefficient (Wildman–Crippen LogP) is 1.53. The number of hydrogen-bond acceptors (Lipinski definition) is 5. The number of azide groups is 1. The van der Waals surface area contributed by atoms with Gasteiger partial charge in [0.15, 0.2) is 0 Å². The SMILES string of the molecule is COC(=O)[C@H](CC(C)C)NC(=O)CC1CCC(O)C1N=[N+]=[N-]. The topological polar surface area (TPSA) is 124 Å². The third-order valence-corrected chi connectivity index (χ3v) is 3.87. The molecule has 0 aliphatic heterocycles.